The van der Waals surface area contributed by atoms with Gasteiger partial charge in [0.25, 0.3) is 0 Å². The molecular formula is C22H27N3O3. The predicted octanol–water partition coefficient (Wildman–Crippen LogP) is 2.96. The van der Waals surface area contributed by atoms with Gasteiger partial charge in [-0.15, -0.1) is 0 Å². The summed E-state index contributed by atoms with van der Waals surface area (Å²) in [5.41, 5.74) is 3.07. The summed E-state index contributed by atoms with van der Waals surface area (Å²) in [6, 6.07) is 8.00. The Hall–Kier alpha value is -2.63. The highest BCUT2D eigenvalue weighted by atomic mass is 16.5. The van der Waals surface area contributed by atoms with Crippen molar-refractivity contribution in [2.75, 3.05) is 26.3 Å². The highest BCUT2D eigenvalue weighted by Crippen LogP contribution is 2.29. The normalized spacial score (nSPS) is 19.6. The third kappa shape index (κ3) is 3.96. The van der Waals surface area contributed by atoms with Crippen molar-refractivity contribution in [3.8, 4) is 11.6 Å². The topological polar surface area (TPSA) is 64.6 Å². The molecule has 3 heterocycles. The van der Waals surface area contributed by atoms with Gasteiger partial charge >= 0.3 is 0 Å². The minimum Gasteiger partial charge on any atom is -0.492 e. The summed E-state index contributed by atoms with van der Waals surface area (Å²) in [6.07, 6.45) is 4.23. The molecule has 148 valence electrons. The van der Waals surface area contributed by atoms with Gasteiger partial charge in [0.2, 0.25) is 11.8 Å². The van der Waals surface area contributed by atoms with Gasteiger partial charge < -0.3 is 14.4 Å². The highest BCUT2D eigenvalue weighted by molar-refractivity contribution is 5.80. The van der Waals surface area contributed by atoms with Crippen LogP contribution in [0, 0.1) is 25.7 Å². The molecule has 1 amide bonds. The number of piperidine rings is 1. The second-order valence-electron chi connectivity index (χ2n) is 7.79. The van der Waals surface area contributed by atoms with E-state index in [0.717, 1.165) is 54.9 Å². The molecule has 1 fully saturated rings. The number of aromatic nitrogens is 2. The van der Waals surface area contributed by atoms with Crippen molar-refractivity contribution in [3.63, 3.8) is 0 Å². The number of aryl methyl sites for hydroxylation is 1. The molecule has 2 aliphatic rings. The zero-order valence-corrected chi connectivity index (χ0v) is 16.6. The first-order chi connectivity index (χ1) is 13.6. The molecular weight excluding hydrogens is 354 g/mol. The van der Waals surface area contributed by atoms with Crippen LogP contribution in [0.5, 0.6) is 11.6 Å². The smallest absolute Gasteiger partial charge is 0.229 e. The highest BCUT2D eigenvalue weighted by Gasteiger charge is 2.31. The molecule has 1 saturated heterocycles. The first-order valence-corrected chi connectivity index (χ1v) is 10.0. The van der Waals surface area contributed by atoms with Crippen LogP contribution in [0.3, 0.4) is 0 Å². The van der Waals surface area contributed by atoms with Crippen LogP contribution in [-0.4, -0.2) is 47.1 Å². The van der Waals surface area contributed by atoms with Crippen LogP contribution in [0.1, 0.15) is 29.7 Å². The number of rotatable bonds is 4. The van der Waals surface area contributed by atoms with E-state index in [4.69, 9.17) is 9.47 Å². The number of carbonyl (C=O) groups is 1. The maximum Gasteiger partial charge on any atom is 0.229 e. The summed E-state index contributed by atoms with van der Waals surface area (Å²) in [5, 5.41) is 0. The Balaban J connectivity index is 1.27. The van der Waals surface area contributed by atoms with E-state index in [1.165, 1.54) is 0 Å². The van der Waals surface area contributed by atoms with Gasteiger partial charge in [-0.05, 0) is 50.7 Å². The van der Waals surface area contributed by atoms with E-state index in [2.05, 4.69) is 16.0 Å². The summed E-state index contributed by atoms with van der Waals surface area (Å²) in [4.78, 5) is 23.3. The molecule has 2 aliphatic heterocycles. The minimum atomic E-state index is -0.0747. The second kappa shape index (κ2) is 8.17. The SMILES string of the molecule is Cc1ncnc(OCC2CCN(C(=O)C3COc4ccccc4C3)CC2)c1C. The Morgan fingerprint density at radius 3 is 2.82 bits per heavy atom. The van der Waals surface area contributed by atoms with Crippen molar-refractivity contribution < 1.29 is 14.3 Å². The number of ether oxygens (including phenoxy) is 2. The third-order valence-electron chi connectivity index (χ3n) is 5.90. The van der Waals surface area contributed by atoms with E-state index >= 15 is 0 Å². The number of carbonyl (C=O) groups excluding carboxylic acids is 1. The number of benzene rings is 1. The summed E-state index contributed by atoms with van der Waals surface area (Å²) in [7, 11) is 0. The lowest BCUT2D eigenvalue weighted by molar-refractivity contribution is -0.138. The molecule has 28 heavy (non-hydrogen) atoms. The number of para-hydroxylation sites is 1. The molecule has 0 bridgehead atoms. The fourth-order valence-corrected chi connectivity index (χ4v) is 3.92. The van der Waals surface area contributed by atoms with Gasteiger partial charge in [0.05, 0.1) is 12.5 Å². The number of hydrogen-bond acceptors (Lipinski definition) is 5. The van der Waals surface area contributed by atoms with E-state index in [0.29, 0.717) is 25.0 Å². The van der Waals surface area contributed by atoms with Crippen LogP contribution >= 0.6 is 0 Å². The zero-order valence-electron chi connectivity index (χ0n) is 16.6. The standard InChI is InChI=1S/C22H27N3O3/c1-15-16(2)23-14-24-21(15)28-12-17-7-9-25(10-8-17)22(26)19-11-18-5-3-4-6-20(18)27-13-19/h3-6,14,17,19H,7-13H2,1-2H3. The summed E-state index contributed by atoms with van der Waals surface area (Å²) < 4.78 is 11.7. The molecule has 0 N–H and O–H groups in total. The van der Waals surface area contributed by atoms with Gasteiger partial charge in [-0.1, -0.05) is 18.2 Å². The van der Waals surface area contributed by atoms with Crippen LogP contribution in [0.25, 0.3) is 0 Å². The number of likely N-dealkylation sites (tertiary alicyclic amines) is 1. The van der Waals surface area contributed by atoms with Crippen molar-refractivity contribution >= 4 is 5.91 Å². The van der Waals surface area contributed by atoms with Crippen LogP contribution in [0.4, 0.5) is 0 Å². The van der Waals surface area contributed by atoms with Crippen molar-refractivity contribution in [2.24, 2.45) is 11.8 Å². The van der Waals surface area contributed by atoms with Gasteiger partial charge in [-0.2, -0.15) is 0 Å². The van der Waals surface area contributed by atoms with E-state index in [-0.39, 0.29) is 11.8 Å². The van der Waals surface area contributed by atoms with Crippen LogP contribution in [0.2, 0.25) is 0 Å². The van der Waals surface area contributed by atoms with Crippen molar-refractivity contribution in [1.29, 1.82) is 0 Å². The second-order valence-corrected chi connectivity index (χ2v) is 7.79. The third-order valence-corrected chi connectivity index (χ3v) is 5.90. The summed E-state index contributed by atoms with van der Waals surface area (Å²) in [5.74, 6) is 2.18. The molecule has 0 saturated carbocycles. The summed E-state index contributed by atoms with van der Waals surface area (Å²) in [6.45, 7) is 6.63. The molecule has 4 rings (SSSR count). The van der Waals surface area contributed by atoms with Gasteiger partial charge in [0, 0.05) is 24.3 Å². The van der Waals surface area contributed by atoms with Gasteiger partial charge in [0.1, 0.15) is 18.7 Å². The minimum absolute atomic E-state index is 0.0747. The first-order valence-electron chi connectivity index (χ1n) is 10.0. The lowest BCUT2D eigenvalue weighted by Gasteiger charge is -2.35. The van der Waals surface area contributed by atoms with Gasteiger partial charge in [0.15, 0.2) is 0 Å². The van der Waals surface area contributed by atoms with Gasteiger partial charge in [-0.3, -0.25) is 4.79 Å². The molecule has 2 aromatic rings. The first kappa shape index (κ1) is 18.7. The van der Waals surface area contributed by atoms with Crippen molar-refractivity contribution in [1.82, 2.24) is 14.9 Å². The molecule has 1 unspecified atom stereocenters. The Morgan fingerprint density at radius 2 is 2.00 bits per heavy atom. The average molecular weight is 381 g/mol. The monoisotopic (exact) mass is 381 g/mol. The van der Waals surface area contributed by atoms with Crippen molar-refractivity contribution in [3.05, 3.63) is 47.4 Å². The quantitative estimate of drug-likeness (QED) is 0.815. The van der Waals surface area contributed by atoms with E-state index < -0.39 is 0 Å². The van der Waals surface area contributed by atoms with Crippen LogP contribution in [-0.2, 0) is 11.2 Å². The Kier molecular flexibility index (Phi) is 5.46. The lowest BCUT2D eigenvalue weighted by atomic mass is 9.93. The molecule has 1 aromatic heterocycles. The molecule has 6 heteroatoms. The number of fused-ring (bicyclic) bond motifs is 1. The Bertz CT molecular complexity index is 847. The van der Waals surface area contributed by atoms with Crippen LogP contribution < -0.4 is 9.47 Å². The number of nitrogens with zero attached hydrogens (tertiary/aromatic N) is 3. The molecule has 0 radical (unpaired) electrons. The molecule has 0 aliphatic carbocycles. The van der Waals surface area contributed by atoms with E-state index in [1.54, 1.807) is 6.33 Å². The van der Waals surface area contributed by atoms with Gasteiger partial charge in [-0.25, -0.2) is 9.97 Å². The molecule has 0 spiro atoms. The fourth-order valence-electron chi connectivity index (χ4n) is 3.92. The number of amides is 1. The maximum absolute atomic E-state index is 12.9. The largest absolute Gasteiger partial charge is 0.492 e. The van der Waals surface area contributed by atoms with Crippen LogP contribution in [0.15, 0.2) is 30.6 Å². The molecule has 6 nitrogen and oxygen atoms in total. The Morgan fingerprint density at radius 1 is 1.21 bits per heavy atom. The van der Waals surface area contributed by atoms with Crippen molar-refractivity contribution in [2.45, 2.75) is 33.1 Å². The maximum atomic E-state index is 12.9. The fraction of sp³-hybridized carbons (Fsp3) is 0.500. The average Bonchev–Trinajstić information content (AvgIpc) is 2.74. The number of hydrogen-bond donors (Lipinski definition) is 0. The van der Waals surface area contributed by atoms with E-state index in [1.807, 2.05) is 36.9 Å². The summed E-state index contributed by atoms with van der Waals surface area (Å²) >= 11 is 0. The zero-order chi connectivity index (χ0) is 19.5. The van der Waals surface area contributed by atoms with E-state index in [9.17, 15) is 4.79 Å². The predicted molar refractivity (Wildman–Crippen MR) is 105 cm³/mol. The molecule has 1 atom stereocenters. The Labute approximate surface area is 165 Å². The molecule has 1 aromatic carbocycles. The lowest BCUT2D eigenvalue weighted by Crippen LogP contribution is -2.45.